The molecule has 7 heteroatoms. The highest BCUT2D eigenvalue weighted by Crippen LogP contribution is 2.16. The van der Waals surface area contributed by atoms with E-state index in [1.807, 2.05) is 0 Å². The quantitative estimate of drug-likeness (QED) is 0.296. The number of hydrogen-bond donors (Lipinski definition) is 3. The van der Waals surface area contributed by atoms with E-state index < -0.39 is 0 Å². The zero-order chi connectivity index (χ0) is 20.2. The number of carbonyl (C=O) groups excluding carboxylic acids is 1. The number of nitrogens with zero attached hydrogens (tertiary/aromatic N) is 3. The Kier molecular flexibility index (Phi) is 10.6. The van der Waals surface area contributed by atoms with E-state index in [1.165, 1.54) is 38.9 Å². The van der Waals surface area contributed by atoms with Crippen LogP contribution in [-0.2, 0) is 4.79 Å². The lowest BCUT2D eigenvalue weighted by Gasteiger charge is -2.32. The zero-order valence-corrected chi connectivity index (χ0v) is 18.1. The molecule has 0 unspecified atom stereocenters. The molecule has 0 aromatic carbocycles. The molecule has 2 fully saturated rings. The zero-order valence-electron chi connectivity index (χ0n) is 18.1. The molecule has 162 valence electrons. The summed E-state index contributed by atoms with van der Waals surface area (Å²) in [7, 11) is 0. The predicted molar refractivity (Wildman–Crippen MR) is 116 cm³/mol. The van der Waals surface area contributed by atoms with E-state index in [2.05, 4.69) is 34.3 Å². The van der Waals surface area contributed by atoms with Crippen molar-refractivity contribution in [2.45, 2.75) is 64.8 Å². The molecular weight excluding hydrogens is 352 g/mol. The fraction of sp³-hybridized carbons (Fsp3) is 0.905. The average molecular weight is 395 g/mol. The number of hydrogen-bond acceptors (Lipinski definition) is 4. The first kappa shape index (κ1) is 22.9. The molecule has 4 N–H and O–H groups in total. The van der Waals surface area contributed by atoms with Gasteiger partial charge in [0.2, 0.25) is 5.91 Å². The second-order valence-electron chi connectivity index (χ2n) is 8.25. The topological polar surface area (TPSA) is 86.0 Å². The molecule has 0 spiro atoms. The lowest BCUT2D eigenvalue weighted by molar-refractivity contribution is -0.123. The van der Waals surface area contributed by atoms with Gasteiger partial charge in [-0.05, 0) is 78.0 Å². The first-order chi connectivity index (χ1) is 13.6. The summed E-state index contributed by atoms with van der Waals surface area (Å²) < 4.78 is 0. The molecule has 0 atom stereocenters. The largest absolute Gasteiger partial charge is 0.369 e. The fourth-order valence-electron chi connectivity index (χ4n) is 4.21. The van der Waals surface area contributed by atoms with Gasteiger partial charge in [0.1, 0.15) is 0 Å². The molecule has 0 aromatic rings. The summed E-state index contributed by atoms with van der Waals surface area (Å²) in [5.74, 6) is 0.927. The standard InChI is InChI=1S/C21H42N6O/c1-3-12-26-16-9-19(10-17-26)25-21(23-4-2)24-11-5-6-13-27-14-7-18(8-15-27)20(22)28/h18-19H,3-17H2,1-2H3,(H2,22,28)(H2,23,24,25). The number of unbranched alkanes of at least 4 members (excludes halogenated alkanes) is 1. The molecule has 2 aliphatic heterocycles. The number of piperidine rings is 2. The van der Waals surface area contributed by atoms with E-state index in [0.29, 0.717) is 6.04 Å². The fourth-order valence-corrected chi connectivity index (χ4v) is 4.21. The van der Waals surface area contributed by atoms with Crippen LogP contribution < -0.4 is 16.4 Å². The van der Waals surface area contributed by atoms with E-state index in [4.69, 9.17) is 10.7 Å². The van der Waals surface area contributed by atoms with Gasteiger partial charge in [-0.1, -0.05) is 6.92 Å². The summed E-state index contributed by atoms with van der Waals surface area (Å²) in [6.45, 7) is 12.8. The number of amides is 1. The molecule has 1 amide bonds. The number of carbonyl (C=O) groups is 1. The van der Waals surface area contributed by atoms with Gasteiger partial charge in [-0.3, -0.25) is 9.79 Å². The number of rotatable bonds is 10. The van der Waals surface area contributed by atoms with Crippen LogP contribution in [0.3, 0.4) is 0 Å². The van der Waals surface area contributed by atoms with Gasteiger partial charge < -0.3 is 26.2 Å². The highest BCUT2D eigenvalue weighted by molar-refractivity contribution is 5.80. The SMILES string of the molecule is CCCN1CCC(NC(=NCCCCN2CCC(C(N)=O)CC2)NCC)CC1. The minimum atomic E-state index is -0.131. The Labute approximate surface area is 171 Å². The van der Waals surface area contributed by atoms with Gasteiger partial charge >= 0.3 is 0 Å². The highest BCUT2D eigenvalue weighted by atomic mass is 16.1. The molecule has 2 rings (SSSR count). The van der Waals surface area contributed by atoms with Gasteiger partial charge in [0.05, 0.1) is 0 Å². The molecule has 28 heavy (non-hydrogen) atoms. The maximum Gasteiger partial charge on any atom is 0.220 e. The average Bonchev–Trinajstić information content (AvgIpc) is 2.70. The minimum Gasteiger partial charge on any atom is -0.369 e. The Morgan fingerprint density at radius 3 is 2.25 bits per heavy atom. The van der Waals surface area contributed by atoms with E-state index in [-0.39, 0.29) is 11.8 Å². The number of likely N-dealkylation sites (tertiary alicyclic amines) is 2. The summed E-state index contributed by atoms with van der Waals surface area (Å²) in [6.07, 6.45) is 7.72. The Morgan fingerprint density at radius 1 is 1.00 bits per heavy atom. The van der Waals surface area contributed by atoms with Gasteiger partial charge in [-0.15, -0.1) is 0 Å². The van der Waals surface area contributed by atoms with Crippen molar-refractivity contribution in [3.05, 3.63) is 0 Å². The summed E-state index contributed by atoms with van der Waals surface area (Å²) >= 11 is 0. The van der Waals surface area contributed by atoms with Crippen LogP contribution in [0.5, 0.6) is 0 Å². The molecule has 0 bridgehead atoms. The van der Waals surface area contributed by atoms with Gasteiger partial charge in [0, 0.05) is 38.1 Å². The van der Waals surface area contributed by atoms with Crippen molar-refractivity contribution in [1.29, 1.82) is 0 Å². The minimum absolute atomic E-state index is 0.0865. The third kappa shape index (κ3) is 8.35. The number of nitrogens with one attached hydrogen (secondary N) is 2. The van der Waals surface area contributed by atoms with Crippen molar-refractivity contribution in [2.24, 2.45) is 16.6 Å². The molecular formula is C21H42N6O. The molecule has 2 aliphatic rings. The number of nitrogens with two attached hydrogens (primary N) is 1. The van der Waals surface area contributed by atoms with Gasteiger partial charge in [-0.25, -0.2) is 0 Å². The van der Waals surface area contributed by atoms with Crippen LogP contribution in [0, 0.1) is 5.92 Å². The monoisotopic (exact) mass is 394 g/mol. The van der Waals surface area contributed by atoms with Crippen molar-refractivity contribution >= 4 is 11.9 Å². The smallest absolute Gasteiger partial charge is 0.220 e. The lowest BCUT2D eigenvalue weighted by Crippen LogP contribution is -2.48. The highest BCUT2D eigenvalue weighted by Gasteiger charge is 2.22. The summed E-state index contributed by atoms with van der Waals surface area (Å²) in [4.78, 5) is 21.0. The van der Waals surface area contributed by atoms with Crippen molar-refractivity contribution < 1.29 is 4.79 Å². The van der Waals surface area contributed by atoms with Crippen LogP contribution in [0.15, 0.2) is 4.99 Å². The van der Waals surface area contributed by atoms with E-state index in [9.17, 15) is 4.79 Å². The second-order valence-corrected chi connectivity index (χ2v) is 8.25. The van der Waals surface area contributed by atoms with Gasteiger partial charge in [0.25, 0.3) is 0 Å². The number of primary amides is 1. The molecule has 0 aromatic heterocycles. The second kappa shape index (κ2) is 13.0. The molecule has 2 saturated heterocycles. The van der Waals surface area contributed by atoms with Crippen LogP contribution in [0.4, 0.5) is 0 Å². The maximum atomic E-state index is 11.2. The molecule has 0 aliphatic carbocycles. The lowest BCUT2D eigenvalue weighted by atomic mass is 9.96. The molecule has 2 heterocycles. The summed E-state index contributed by atoms with van der Waals surface area (Å²) in [5, 5.41) is 7.03. The van der Waals surface area contributed by atoms with Crippen molar-refractivity contribution in [1.82, 2.24) is 20.4 Å². The van der Waals surface area contributed by atoms with Crippen molar-refractivity contribution in [2.75, 3.05) is 52.4 Å². The van der Waals surface area contributed by atoms with E-state index in [1.54, 1.807) is 0 Å². The number of guanidine groups is 1. The van der Waals surface area contributed by atoms with Gasteiger partial charge in [-0.2, -0.15) is 0 Å². The Balaban J connectivity index is 1.61. The van der Waals surface area contributed by atoms with Crippen LogP contribution in [0.2, 0.25) is 0 Å². The molecule has 0 saturated carbocycles. The van der Waals surface area contributed by atoms with Crippen LogP contribution >= 0.6 is 0 Å². The normalized spacial score (nSPS) is 21.0. The third-order valence-corrected chi connectivity index (χ3v) is 5.95. The maximum absolute atomic E-state index is 11.2. The predicted octanol–water partition coefficient (Wildman–Crippen LogP) is 1.39. The first-order valence-corrected chi connectivity index (χ1v) is 11.4. The Bertz CT molecular complexity index is 468. The molecule has 7 nitrogen and oxygen atoms in total. The molecule has 0 radical (unpaired) electrons. The Hall–Kier alpha value is -1.34. The van der Waals surface area contributed by atoms with Gasteiger partial charge in [0.15, 0.2) is 5.96 Å². The summed E-state index contributed by atoms with van der Waals surface area (Å²) in [5.41, 5.74) is 5.41. The van der Waals surface area contributed by atoms with Crippen LogP contribution in [-0.4, -0.2) is 80.1 Å². The van der Waals surface area contributed by atoms with Crippen molar-refractivity contribution in [3.8, 4) is 0 Å². The number of aliphatic imine (C=N–C) groups is 1. The van der Waals surface area contributed by atoms with E-state index >= 15 is 0 Å². The van der Waals surface area contributed by atoms with Crippen molar-refractivity contribution in [3.63, 3.8) is 0 Å². The summed E-state index contributed by atoms with van der Waals surface area (Å²) in [6, 6.07) is 0.539. The first-order valence-electron chi connectivity index (χ1n) is 11.4. The van der Waals surface area contributed by atoms with Crippen LogP contribution in [0.1, 0.15) is 58.8 Å². The van der Waals surface area contributed by atoms with Crippen LogP contribution in [0.25, 0.3) is 0 Å². The third-order valence-electron chi connectivity index (χ3n) is 5.95. The Morgan fingerprint density at radius 2 is 1.64 bits per heavy atom. The van der Waals surface area contributed by atoms with E-state index in [0.717, 1.165) is 64.4 Å².